The summed E-state index contributed by atoms with van der Waals surface area (Å²) in [6.45, 7) is 0.286. The summed E-state index contributed by atoms with van der Waals surface area (Å²) in [5.41, 5.74) is 1.44. The molecule has 0 aliphatic heterocycles. The van der Waals surface area contributed by atoms with Crippen molar-refractivity contribution in [3.05, 3.63) is 66.0 Å². The Balaban J connectivity index is 0.00000144. The number of hydrogen-bond donors (Lipinski definition) is 0. The third-order valence-corrected chi connectivity index (χ3v) is 2.11. The molecule has 0 unspecified atom stereocenters. The minimum Gasteiger partial charge on any atom is -1.00 e. The van der Waals surface area contributed by atoms with E-state index in [1.807, 2.05) is 30.3 Å². The maximum absolute atomic E-state index is 11.6. The fourth-order valence-corrected chi connectivity index (χ4v) is 1.29. The van der Waals surface area contributed by atoms with Gasteiger partial charge in [0.1, 0.15) is 6.61 Å². The number of ether oxygens (including phenoxy) is 1. The number of aromatic nitrogens is 1. The number of carbonyl (C=O) groups excluding carboxylic acids is 1. The van der Waals surface area contributed by atoms with Crippen molar-refractivity contribution in [1.29, 1.82) is 0 Å². The van der Waals surface area contributed by atoms with Gasteiger partial charge in [0.25, 0.3) is 0 Å². The minimum absolute atomic E-state index is 0. The molecule has 2 rings (SSSR count). The van der Waals surface area contributed by atoms with Crippen molar-refractivity contribution in [2.75, 3.05) is 0 Å². The van der Waals surface area contributed by atoms with Gasteiger partial charge in [0.05, 0.1) is 5.56 Å². The van der Waals surface area contributed by atoms with Crippen LogP contribution >= 0.6 is 0 Å². The van der Waals surface area contributed by atoms with Gasteiger partial charge in [0, 0.05) is 12.4 Å². The summed E-state index contributed by atoms with van der Waals surface area (Å²) in [6.07, 6.45) is 3.11. The van der Waals surface area contributed by atoms with Crippen LogP contribution < -0.4 is 29.6 Å². The predicted octanol–water partition coefficient (Wildman–Crippen LogP) is -0.445. The van der Waals surface area contributed by atoms with Crippen LogP contribution in [0.2, 0.25) is 0 Å². The second-order valence-electron chi connectivity index (χ2n) is 3.30. The molecule has 0 aliphatic carbocycles. The molecule has 2 aromatic rings. The Morgan fingerprint density at radius 3 is 2.59 bits per heavy atom. The van der Waals surface area contributed by atoms with Crippen LogP contribution in [0.3, 0.4) is 0 Å². The summed E-state index contributed by atoms with van der Waals surface area (Å²) in [5.74, 6) is -0.350. The number of pyridine rings is 1. The van der Waals surface area contributed by atoms with Crippen LogP contribution in [0, 0.1) is 0 Å². The SMILES string of the molecule is O=C(OCc1ccccc1)c1cccnc1.[H-].[Na+]. The standard InChI is InChI=1S/C13H11NO2.Na.H/c15-13(12-7-4-8-14-9-12)16-10-11-5-2-1-3-6-11;;/h1-9H,10H2;;/q;+1;-1. The number of esters is 1. The molecule has 4 heteroatoms. The molecule has 0 N–H and O–H groups in total. The van der Waals surface area contributed by atoms with Gasteiger partial charge >= 0.3 is 35.5 Å². The van der Waals surface area contributed by atoms with Gasteiger partial charge in [-0.1, -0.05) is 30.3 Å². The Hall–Kier alpha value is -1.16. The zero-order chi connectivity index (χ0) is 11.2. The van der Waals surface area contributed by atoms with E-state index < -0.39 is 0 Å². The van der Waals surface area contributed by atoms with E-state index in [0.29, 0.717) is 5.56 Å². The normalized spacial score (nSPS) is 9.18. The molecule has 1 heterocycles. The maximum atomic E-state index is 11.6. The van der Waals surface area contributed by atoms with E-state index in [9.17, 15) is 4.79 Å². The Kier molecular flexibility index (Phi) is 5.91. The molecule has 1 aromatic heterocycles. The summed E-state index contributed by atoms with van der Waals surface area (Å²) in [5, 5.41) is 0. The third kappa shape index (κ3) is 4.30. The number of benzene rings is 1. The number of hydrogen-bond acceptors (Lipinski definition) is 3. The zero-order valence-electron chi connectivity index (χ0n) is 10.7. The number of rotatable bonds is 3. The number of carbonyl (C=O) groups is 1. The first-order chi connectivity index (χ1) is 7.86. The first-order valence-electron chi connectivity index (χ1n) is 4.97. The van der Waals surface area contributed by atoms with E-state index in [4.69, 9.17) is 4.74 Å². The monoisotopic (exact) mass is 237 g/mol. The van der Waals surface area contributed by atoms with Crippen molar-refractivity contribution in [2.45, 2.75) is 6.61 Å². The molecule has 1 aromatic carbocycles. The molecule has 3 nitrogen and oxygen atoms in total. The van der Waals surface area contributed by atoms with Gasteiger partial charge in [-0.25, -0.2) is 4.79 Å². The van der Waals surface area contributed by atoms with Gasteiger partial charge in [-0.3, -0.25) is 4.98 Å². The van der Waals surface area contributed by atoms with Crippen LogP contribution in [0.5, 0.6) is 0 Å². The quantitative estimate of drug-likeness (QED) is 0.536. The van der Waals surface area contributed by atoms with Gasteiger partial charge in [0.2, 0.25) is 0 Å². The van der Waals surface area contributed by atoms with E-state index in [-0.39, 0.29) is 43.6 Å². The molecule has 0 aliphatic rings. The Morgan fingerprint density at radius 1 is 1.18 bits per heavy atom. The number of nitrogens with zero attached hydrogens (tertiary/aromatic N) is 1. The van der Waals surface area contributed by atoms with Crippen molar-refractivity contribution in [2.24, 2.45) is 0 Å². The van der Waals surface area contributed by atoms with Crippen molar-refractivity contribution < 1.29 is 40.5 Å². The molecular formula is C13H12NNaO2. The second kappa shape index (κ2) is 7.22. The molecule has 0 radical (unpaired) electrons. The zero-order valence-corrected chi connectivity index (χ0v) is 11.7. The molecule has 0 saturated heterocycles. The summed E-state index contributed by atoms with van der Waals surface area (Å²) >= 11 is 0. The topological polar surface area (TPSA) is 39.2 Å². The molecule has 0 saturated carbocycles. The Labute approximate surface area is 124 Å². The second-order valence-corrected chi connectivity index (χ2v) is 3.30. The van der Waals surface area contributed by atoms with Crippen LogP contribution in [-0.4, -0.2) is 11.0 Å². The smallest absolute Gasteiger partial charge is 1.00 e. The van der Waals surface area contributed by atoms with E-state index in [1.165, 1.54) is 6.20 Å². The molecule has 0 amide bonds. The van der Waals surface area contributed by atoms with Crippen molar-refractivity contribution >= 4 is 5.97 Å². The molecule has 17 heavy (non-hydrogen) atoms. The Bertz CT molecular complexity index is 465. The molecule has 0 fully saturated rings. The molecule has 82 valence electrons. The molecule has 0 bridgehead atoms. The van der Waals surface area contributed by atoms with E-state index >= 15 is 0 Å². The van der Waals surface area contributed by atoms with Crippen molar-refractivity contribution in [3.8, 4) is 0 Å². The Morgan fingerprint density at radius 2 is 1.94 bits per heavy atom. The van der Waals surface area contributed by atoms with E-state index in [0.717, 1.165) is 5.56 Å². The molecule has 0 atom stereocenters. The average Bonchev–Trinajstić information content (AvgIpc) is 2.38. The van der Waals surface area contributed by atoms with Crippen LogP contribution in [0.15, 0.2) is 54.9 Å². The van der Waals surface area contributed by atoms with E-state index in [1.54, 1.807) is 18.3 Å². The van der Waals surface area contributed by atoms with Crippen LogP contribution in [-0.2, 0) is 11.3 Å². The van der Waals surface area contributed by atoms with Gasteiger partial charge < -0.3 is 6.16 Å². The van der Waals surface area contributed by atoms with Crippen LogP contribution in [0.25, 0.3) is 0 Å². The van der Waals surface area contributed by atoms with E-state index in [2.05, 4.69) is 4.98 Å². The van der Waals surface area contributed by atoms with Gasteiger partial charge in [-0.15, -0.1) is 0 Å². The first kappa shape index (κ1) is 13.9. The van der Waals surface area contributed by atoms with Gasteiger partial charge in [-0.05, 0) is 17.7 Å². The molecule has 0 spiro atoms. The summed E-state index contributed by atoms with van der Waals surface area (Å²) in [6, 6.07) is 13.0. The predicted molar refractivity (Wildman–Crippen MR) is 60.9 cm³/mol. The third-order valence-electron chi connectivity index (χ3n) is 2.11. The van der Waals surface area contributed by atoms with Crippen molar-refractivity contribution in [3.63, 3.8) is 0 Å². The maximum Gasteiger partial charge on any atom is 1.00 e. The van der Waals surface area contributed by atoms with Gasteiger partial charge in [0.15, 0.2) is 0 Å². The minimum atomic E-state index is -0.350. The fourth-order valence-electron chi connectivity index (χ4n) is 1.29. The summed E-state index contributed by atoms with van der Waals surface area (Å²) in [4.78, 5) is 15.4. The molecular weight excluding hydrogens is 225 g/mol. The average molecular weight is 237 g/mol. The summed E-state index contributed by atoms with van der Waals surface area (Å²) in [7, 11) is 0. The fraction of sp³-hybridized carbons (Fsp3) is 0.0769. The van der Waals surface area contributed by atoms with Crippen LogP contribution in [0.1, 0.15) is 17.3 Å². The first-order valence-corrected chi connectivity index (χ1v) is 4.97. The van der Waals surface area contributed by atoms with Crippen LogP contribution in [0.4, 0.5) is 0 Å². The largest absolute Gasteiger partial charge is 1.00 e. The van der Waals surface area contributed by atoms with Crippen molar-refractivity contribution in [1.82, 2.24) is 4.98 Å². The summed E-state index contributed by atoms with van der Waals surface area (Å²) < 4.78 is 5.14. The van der Waals surface area contributed by atoms with Gasteiger partial charge in [-0.2, -0.15) is 0 Å².